The molecule has 28 heavy (non-hydrogen) atoms. The van der Waals surface area contributed by atoms with E-state index >= 15 is 0 Å². The summed E-state index contributed by atoms with van der Waals surface area (Å²) in [5, 5.41) is 0.133. The van der Waals surface area contributed by atoms with Gasteiger partial charge in [-0.2, -0.15) is 4.31 Å². The SMILES string of the molecule is CC(C)c1ccc(S(=O)(=O)N2CCN(C(=O)c3cc(Br)cnc3Cl)CC2)cc1. The van der Waals surface area contributed by atoms with Crippen LogP contribution in [0.5, 0.6) is 0 Å². The number of hydrogen-bond donors (Lipinski definition) is 0. The molecule has 0 unspecified atom stereocenters. The molecule has 2 aromatic rings. The Kier molecular flexibility index (Phi) is 6.44. The van der Waals surface area contributed by atoms with Crippen LogP contribution in [0.15, 0.2) is 45.9 Å². The van der Waals surface area contributed by atoms with Crippen molar-refractivity contribution in [3.8, 4) is 0 Å². The van der Waals surface area contributed by atoms with Gasteiger partial charge in [0.25, 0.3) is 5.91 Å². The third kappa shape index (κ3) is 4.40. The van der Waals surface area contributed by atoms with Crippen LogP contribution in [0, 0.1) is 0 Å². The maximum Gasteiger partial charge on any atom is 0.257 e. The van der Waals surface area contributed by atoms with Crippen LogP contribution in [0.1, 0.15) is 35.7 Å². The number of rotatable bonds is 4. The summed E-state index contributed by atoms with van der Waals surface area (Å²) in [7, 11) is -3.58. The lowest BCUT2D eigenvalue weighted by Gasteiger charge is -2.34. The van der Waals surface area contributed by atoms with Crippen molar-refractivity contribution < 1.29 is 13.2 Å². The number of sulfonamides is 1. The molecule has 0 saturated carbocycles. The molecule has 0 atom stereocenters. The van der Waals surface area contributed by atoms with Crippen LogP contribution in [-0.4, -0.2) is 54.7 Å². The summed E-state index contributed by atoms with van der Waals surface area (Å²) in [6, 6.07) is 8.61. The van der Waals surface area contributed by atoms with Gasteiger partial charge in [-0.25, -0.2) is 13.4 Å². The van der Waals surface area contributed by atoms with Gasteiger partial charge in [0, 0.05) is 36.8 Å². The fourth-order valence-electron chi connectivity index (χ4n) is 3.05. The van der Waals surface area contributed by atoms with E-state index in [0.29, 0.717) is 29.0 Å². The van der Waals surface area contributed by atoms with E-state index in [1.807, 2.05) is 12.1 Å². The maximum atomic E-state index is 12.9. The molecule has 0 N–H and O–H groups in total. The molecular weight excluding hydrogens is 466 g/mol. The number of carbonyl (C=O) groups is 1. The van der Waals surface area contributed by atoms with Gasteiger partial charge < -0.3 is 4.90 Å². The van der Waals surface area contributed by atoms with Crippen molar-refractivity contribution in [3.63, 3.8) is 0 Å². The smallest absolute Gasteiger partial charge is 0.257 e. The van der Waals surface area contributed by atoms with Crippen LogP contribution in [-0.2, 0) is 10.0 Å². The number of benzene rings is 1. The molecule has 150 valence electrons. The number of nitrogens with zero attached hydrogens (tertiary/aromatic N) is 3. The summed E-state index contributed by atoms with van der Waals surface area (Å²) in [5.74, 6) is 0.0859. The van der Waals surface area contributed by atoms with Crippen molar-refractivity contribution in [2.75, 3.05) is 26.2 Å². The average Bonchev–Trinajstić information content (AvgIpc) is 2.69. The van der Waals surface area contributed by atoms with Crippen LogP contribution in [0.25, 0.3) is 0 Å². The Bertz CT molecular complexity index is 972. The molecule has 3 rings (SSSR count). The highest BCUT2D eigenvalue weighted by Crippen LogP contribution is 2.23. The Hall–Kier alpha value is -1.48. The second-order valence-corrected chi connectivity index (χ2v) is 10.1. The lowest BCUT2D eigenvalue weighted by atomic mass is 10.0. The zero-order valence-electron chi connectivity index (χ0n) is 15.6. The molecule has 1 saturated heterocycles. The molecule has 1 aromatic heterocycles. The summed E-state index contributed by atoms with van der Waals surface area (Å²) in [5.41, 5.74) is 1.39. The minimum atomic E-state index is -3.58. The maximum absolute atomic E-state index is 12.9. The Morgan fingerprint density at radius 3 is 2.32 bits per heavy atom. The lowest BCUT2D eigenvalue weighted by molar-refractivity contribution is 0.0697. The first kappa shape index (κ1) is 21.2. The number of halogens is 2. The van der Waals surface area contributed by atoms with Gasteiger partial charge >= 0.3 is 0 Å². The molecule has 0 radical (unpaired) electrons. The first-order valence-electron chi connectivity index (χ1n) is 8.90. The van der Waals surface area contributed by atoms with Gasteiger partial charge in [-0.3, -0.25) is 4.79 Å². The van der Waals surface area contributed by atoms with E-state index in [4.69, 9.17) is 11.6 Å². The number of aromatic nitrogens is 1. The standard InChI is InChI=1S/C19H21BrClN3O3S/c1-13(2)14-3-5-16(6-4-14)28(26,27)24-9-7-23(8-10-24)19(25)17-11-15(20)12-22-18(17)21/h3-6,11-13H,7-10H2,1-2H3. The van der Waals surface area contributed by atoms with E-state index < -0.39 is 10.0 Å². The molecule has 9 heteroatoms. The van der Waals surface area contributed by atoms with Crippen molar-refractivity contribution in [1.29, 1.82) is 0 Å². The number of hydrogen-bond acceptors (Lipinski definition) is 4. The van der Waals surface area contributed by atoms with Gasteiger partial charge in [0.15, 0.2) is 0 Å². The van der Waals surface area contributed by atoms with E-state index in [0.717, 1.165) is 5.56 Å². The van der Waals surface area contributed by atoms with E-state index in [2.05, 4.69) is 34.8 Å². The fraction of sp³-hybridized carbons (Fsp3) is 0.368. The Labute approximate surface area is 178 Å². The van der Waals surface area contributed by atoms with E-state index in [-0.39, 0.29) is 29.0 Å². The van der Waals surface area contributed by atoms with Crippen molar-refractivity contribution in [2.24, 2.45) is 0 Å². The van der Waals surface area contributed by atoms with Crippen LogP contribution >= 0.6 is 27.5 Å². The first-order valence-corrected chi connectivity index (χ1v) is 11.5. The highest BCUT2D eigenvalue weighted by Gasteiger charge is 2.31. The molecule has 0 bridgehead atoms. The predicted octanol–water partition coefficient (Wildman–Crippen LogP) is 3.77. The number of piperazine rings is 1. The third-order valence-electron chi connectivity index (χ3n) is 4.75. The Morgan fingerprint density at radius 2 is 1.75 bits per heavy atom. The fourth-order valence-corrected chi connectivity index (χ4v) is 4.99. The molecule has 0 spiro atoms. The van der Waals surface area contributed by atoms with Crippen LogP contribution < -0.4 is 0 Å². The van der Waals surface area contributed by atoms with Crippen LogP contribution in [0.3, 0.4) is 0 Å². The third-order valence-corrected chi connectivity index (χ3v) is 7.39. The largest absolute Gasteiger partial charge is 0.336 e. The zero-order valence-corrected chi connectivity index (χ0v) is 18.8. The number of amides is 1. The topological polar surface area (TPSA) is 70.6 Å². The van der Waals surface area contributed by atoms with Crippen molar-refractivity contribution in [1.82, 2.24) is 14.2 Å². The van der Waals surface area contributed by atoms with Crippen LogP contribution in [0.2, 0.25) is 5.15 Å². The predicted molar refractivity (Wildman–Crippen MR) is 112 cm³/mol. The number of pyridine rings is 1. The molecular formula is C19H21BrClN3O3S. The Balaban J connectivity index is 1.70. The number of carbonyl (C=O) groups excluding carboxylic acids is 1. The van der Waals surface area contributed by atoms with E-state index in [1.54, 1.807) is 23.1 Å². The average molecular weight is 487 g/mol. The van der Waals surface area contributed by atoms with Gasteiger partial charge in [-0.15, -0.1) is 0 Å². The second kappa shape index (κ2) is 8.49. The van der Waals surface area contributed by atoms with Gasteiger partial charge in [-0.1, -0.05) is 37.6 Å². The van der Waals surface area contributed by atoms with Gasteiger partial charge in [0.1, 0.15) is 5.15 Å². The highest BCUT2D eigenvalue weighted by atomic mass is 79.9. The molecule has 1 fully saturated rings. The summed E-state index contributed by atoms with van der Waals surface area (Å²) in [6.07, 6.45) is 1.52. The molecule has 1 aliphatic heterocycles. The van der Waals surface area contributed by atoms with Gasteiger partial charge in [0.2, 0.25) is 10.0 Å². The highest BCUT2D eigenvalue weighted by molar-refractivity contribution is 9.10. The zero-order chi connectivity index (χ0) is 20.5. The summed E-state index contributed by atoms with van der Waals surface area (Å²) < 4.78 is 27.9. The minimum absolute atomic E-state index is 0.133. The first-order chi connectivity index (χ1) is 13.2. The van der Waals surface area contributed by atoms with Crippen LogP contribution in [0.4, 0.5) is 0 Å². The molecule has 0 aliphatic carbocycles. The second-order valence-electron chi connectivity index (χ2n) is 6.91. The van der Waals surface area contributed by atoms with Gasteiger partial charge in [0.05, 0.1) is 10.5 Å². The van der Waals surface area contributed by atoms with Crippen molar-refractivity contribution in [2.45, 2.75) is 24.7 Å². The normalized spacial score (nSPS) is 15.8. The molecule has 1 aliphatic rings. The summed E-state index contributed by atoms with van der Waals surface area (Å²) >= 11 is 9.33. The Morgan fingerprint density at radius 1 is 1.14 bits per heavy atom. The van der Waals surface area contributed by atoms with Gasteiger partial charge in [-0.05, 0) is 45.6 Å². The molecule has 6 nitrogen and oxygen atoms in total. The van der Waals surface area contributed by atoms with E-state index in [1.165, 1.54) is 10.5 Å². The summed E-state index contributed by atoms with van der Waals surface area (Å²) in [4.78, 5) is 18.6. The molecule has 1 aromatic carbocycles. The van der Waals surface area contributed by atoms with Crippen molar-refractivity contribution in [3.05, 3.63) is 57.3 Å². The molecule has 1 amide bonds. The monoisotopic (exact) mass is 485 g/mol. The lowest BCUT2D eigenvalue weighted by Crippen LogP contribution is -2.50. The van der Waals surface area contributed by atoms with E-state index in [9.17, 15) is 13.2 Å². The summed E-state index contributed by atoms with van der Waals surface area (Å²) in [6.45, 7) is 5.19. The minimum Gasteiger partial charge on any atom is -0.336 e. The quantitative estimate of drug-likeness (QED) is 0.617. The molecule has 2 heterocycles. The van der Waals surface area contributed by atoms with Crippen molar-refractivity contribution >= 4 is 43.5 Å².